The van der Waals surface area contributed by atoms with Gasteiger partial charge in [0.1, 0.15) is 4.90 Å². The topological polar surface area (TPSA) is 99.2 Å². The van der Waals surface area contributed by atoms with Gasteiger partial charge in [-0.2, -0.15) is 0 Å². The van der Waals surface area contributed by atoms with Crippen molar-refractivity contribution in [1.29, 1.82) is 0 Å². The molecule has 1 atom stereocenters. The van der Waals surface area contributed by atoms with Crippen LogP contribution in [0.25, 0.3) is 0 Å². The summed E-state index contributed by atoms with van der Waals surface area (Å²) < 4.78 is 32.4. The maximum absolute atomic E-state index is 12.2. The number of hydrogen-bond donors (Lipinski definition) is 2. The number of likely N-dealkylation sites (tertiary alicyclic amines) is 1. The van der Waals surface area contributed by atoms with Crippen molar-refractivity contribution in [3.8, 4) is 0 Å². The minimum Gasteiger partial charge on any atom is -0.379 e. The fraction of sp³-hybridized carbons (Fsp3) is 0.647. The van der Waals surface area contributed by atoms with Gasteiger partial charge in [-0.15, -0.1) is 24.0 Å². The summed E-state index contributed by atoms with van der Waals surface area (Å²) in [6.45, 7) is 6.20. The second-order valence-electron chi connectivity index (χ2n) is 6.60. The van der Waals surface area contributed by atoms with Gasteiger partial charge in [0.25, 0.3) is 0 Å². The largest absolute Gasteiger partial charge is 0.379 e. The Morgan fingerprint density at radius 2 is 2.11 bits per heavy atom. The fourth-order valence-electron chi connectivity index (χ4n) is 3.46. The lowest BCUT2D eigenvalue weighted by atomic mass is 10.2. The highest BCUT2D eigenvalue weighted by Gasteiger charge is 2.30. The molecule has 158 valence electrons. The van der Waals surface area contributed by atoms with Gasteiger partial charge in [0.15, 0.2) is 5.96 Å². The van der Waals surface area contributed by atoms with Gasteiger partial charge in [0.05, 0.1) is 13.2 Å². The van der Waals surface area contributed by atoms with E-state index in [1.807, 2.05) is 0 Å². The van der Waals surface area contributed by atoms with Crippen molar-refractivity contribution in [1.82, 2.24) is 24.8 Å². The lowest BCUT2D eigenvalue weighted by Crippen LogP contribution is -2.47. The van der Waals surface area contributed by atoms with Crippen LogP contribution in [0.5, 0.6) is 0 Å². The van der Waals surface area contributed by atoms with E-state index in [4.69, 9.17) is 4.74 Å². The van der Waals surface area contributed by atoms with Crippen LogP contribution in [0.15, 0.2) is 34.4 Å². The molecule has 1 aromatic rings. The Balaban J connectivity index is 0.00000280. The van der Waals surface area contributed by atoms with Crippen molar-refractivity contribution >= 4 is 40.0 Å². The number of hydrogen-bond acceptors (Lipinski definition) is 6. The lowest BCUT2D eigenvalue weighted by molar-refractivity contribution is 0.0195. The van der Waals surface area contributed by atoms with E-state index in [1.165, 1.54) is 12.3 Å². The monoisotopic (exact) mass is 524 g/mol. The maximum atomic E-state index is 12.2. The normalized spacial score (nSPS) is 21.4. The molecular formula is C17H29IN6O3S. The van der Waals surface area contributed by atoms with Gasteiger partial charge < -0.3 is 15.0 Å². The highest BCUT2D eigenvalue weighted by molar-refractivity contribution is 14.0. The first-order chi connectivity index (χ1) is 13.1. The quantitative estimate of drug-likeness (QED) is 0.233. The summed E-state index contributed by atoms with van der Waals surface area (Å²) in [6, 6.07) is 3.65. The van der Waals surface area contributed by atoms with Gasteiger partial charge in [-0.1, -0.05) is 0 Å². The molecule has 0 saturated carbocycles. The number of sulfonamides is 1. The van der Waals surface area contributed by atoms with Crippen molar-refractivity contribution in [2.75, 3.05) is 59.5 Å². The third-order valence-corrected chi connectivity index (χ3v) is 6.33. The second-order valence-corrected chi connectivity index (χ2v) is 8.36. The van der Waals surface area contributed by atoms with Crippen molar-refractivity contribution in [3.05, 3.63) is 24.5 Å². The predicted octanol–water partition coefficient (Wildman–Crippen LogP) is -0.0402. The van der Waals surface area contributed by atoms with Gasteiger partial charge in [-0.25, -0.2) is 13.1 Å². The third-order valence-electron chi connectivity index (χ3n) is 4.88. The number of ether oxygens (including phenoxy) is 1. The molecule has 2 fully saturated rings. The summed E-state index contributed by atoms with van der Waals surface area (Å²) in [4.78, 5) is 13.1. The number of aliphatic imine (C=N–C) groups is 1. The zero-order valence-electron chi connectivity index (χ0n) is 16.1. The van der Waals surface area contributed by atoms with Crippen LogP contribution in [0.3, 0.4) is 0 Å². The average molecular weight is 524 g/mol. The van der Waals surface area contributed by atoms with Gasteiger partial charge in [-0.05, 0) is 18.6 Å². The Hall–Kier alpha value is -1.02. The number of nitrogens with zero attached hydrogens (tertiary/aromatic N) is 4. The zero-order valence-corrected chi connectivity index (χ0v) is 19.2. The second kappa shape index (κ2) is 11.2. The summed E-state index contributed by atoms with van der Waals surface area (Å²) in [6.07, 6.45) is 3.99. The number of nitrogens with one attached hydrogen (secondary N) is 2. The van der Waals surface area contributed by atoms with Crippen molar-refractivity contribution < 1.29 is 13.2 Å². The van der Waals surface area contributed by atoms with Crippen molar-refractivity contribution in [3.63, 3.8) is 0 Å². The van der Waals surface area contributed by atoms with E-state index in [2.05, 4.69) is 29.8 Å². The fourth-order valence-corrected chi connectivity index (χ4v) is 4.45. The highest BCUT2D eigenvalue weighted by Crippen LogP contribution is 2.17. The minimum atomic E-state index is -3.53. The standard InChI is InChI=1S/C17H28N6O3S.HI/c1-18-17(23-8-4-15(14-23)22-9-11-26-12-10-22)20-6-7-21-27(24,25)16-3-2-5-19-13-16;/h2-3,5,13,15,21H,4,6-12,14H2,1H3,(H,18,20);1H. The minimum absolute atomic E-state index is 0. The number of halogens is 1. The van der Waals surface area contributed by atoms with Crippen LogP contribution in [0, 0.1) is 0 Å². The SMILES string of the molecule is CN=C(NCCNS(=O)(=O)c1cccnc1)N1CCC(N2CCOCC2)C1.I. The number of morpholine rings is 1. The molecule has 0 bridgehead atoms. The van der Waals surface area contributed by atoms with E-state index in [-0.39, 0.29) is 35.4 Å². The van der Waals surface area contributed by atoms with Gasteiger partial charge in [0, 0.05) is 64.8 Å². The molecule has 0 aromatic carbocycles. The molecule has 0 aliphatic carbocycles. The molecule has 1 unspecified atom stereocenters. The Labute approximate surface area is 184 Å². The third kappa shape index (κ3) is 6.24. The molecule has 0 spiro atoms. The van der Waals surface area contributed by atoms with E-state index in [0.717, 1.165) is 51.8 Å². The van der Waals surface area contributed by atoms with Crippen LogP contribution in [0.4, 0.5) is 0 Å². The van der Waals surface area contributed by atoms with Crippen LogP contribution < -0.4 is 10.0 Å². The van der Waals surface area contributed by atoms with Crippen molar-refractivity contribution in [2.24, 2.45) is 4.99 Å². The maximum Gasteiger partial charge on any atom is 0.242 e. The van der Waals surface area contributed by atoms with E-state index in [1.54, 1.807) is 19.3 Å². The predicted molar refractivity (Wildman–Crippen MR) is 119 cm³/mol. The van der Waals surface area contributed by atoms with E-state index in [9.17, 15) is 8.42 Å². The first kappa shape index (κ1) is 23.3. The molecular weight excluding hydrogens is 495 g/mol. The average Bonchev–Trinajstić information content (AvgIpc) is 3.19. The zero-order chi connectivity index (χ0) is 19.1. The van der Waals surface area contributed by atoms with Crippen LogP contribution in [-0.4, -0.2) is 94.7 Å². The van der Waals surface area contributed by atoms with Gasteiger partial charge >= 0.3 is 0 Å². The lowest BCUT2D eigenvalue weighted by Gasteiger charge is -2.32. The molecule has 0 radical (unpaired) electrons. The highest BCUT2D eigenvalue weighted by atomic mass is 127. The number of rotatable bonds is 6. The molecule has 11 heteroatoms. The van der Waals surface area contributed by atoms with Gasteiger partial charge in [0.2, 0.25) is 10.0 Å². The number of pyridine rings is 1. The van der Waals surface area contributed by atoms with E-state index in [0.29, 0.717) is 12.6 Å². The van der Waals surface area contributed by atoms with Crippen LogP contribution in [0.1, 0.15) is 6.42 Å². The molecule has 2 aliphatic heterocycles. The van der Waals surface area contributed by atoms with Crippen LogP contribution in [0.2, 0.25) is 0 Å². The summed E-state index contributed by atoms with van der Waals surface area (Å²) in [5, 5.41) is 3.25. The van der Waals surface area contributed by atoms with E-state index >= 15 is 0 Å². The summed E-state index contributed by atoms with van der Waals surface area (Å²) in [7, 11) is -1.78. The van der Waals surface area contributed by atoms with Crippen molar-refractivity contribution in [2.45, 2.75) is 17.4 Å². The van der Waals surface area contributed by atoms with Gasteiger partial charge in [-0.3, -0.25) is 14.9 Å². The summed E-state index contributed by atoms with van der Waals surface area (Å²) >= 11 is 0. The molecule has 2 saturated heterocycles. The first-order valence-corrected chi connectivity index (χ1v) is 10.8. The molecule has 28 heavy (non-hydrogen) atoms. The Morgan fingerprint density at radius 3 is 2.79 bits per heavy atom. The van der Waals surface area contributed by atoms with Crippen LogP contribution >= 0.6 is 24.0 Å². The Morgan fingerprint density at radius 1 is 1.32 bits per heavy atom. The number of aromatic nitrogens is 1. The molecule has 3 heterocycles. The summed E-state index contributed by atoms with van der Waals surface area (Å²) in [5.74, 6) is 0.811. The summed E-state index contributed by atoms with van der Waals surface area (Å²) in [5.41, 5.74) is 0. The smallest absolute Gasteiger partial charge is 0.242 e. The molecule has 3 rings (SSSR count). The molecule has 9 nitrogen and oxygen atoms in total. The Bertz CT molecular complexity index is 728. The molecule has 1 aromatic heterocycles. The Kier molecular flexibility index (Phi) is 9.34. The molecule has 2 aliphatic rings. The molecule has 2 N–H and O–H groups in total. The number of guanidine groups is 1. The van der Waals surface area contributed by atoms with Crippen LogP contribution in [-0.2, 0) is 14.8 Å². The van der Waals surface area contributed by atoms with E-state index < -0.39 is 10.0 Å². The molecule has 0 amide bonds. The first-order valence-electron chi connectivity index (χ1n) is 9.27.